The van der Waals surface area contributed by atoms with Crippen LogP contribution in [-0.4, -0.2) is 9.49 Å². The number of nitro benzene ring substituents is 1. The minimum atomic E-state index is -0.411. The van der Waals surface area contributed by atoms with Crippen LogP contribution < -0.4 is 4.80 Å². The van der Waals surface area contributed by atoms with Gasteiger partial charge in [0.15, 0.2) is 4.80 Å². The third kappa shape index (κ3) is 4.84. The molecule has 0 saturated heterocycles. The summed E-state index contributed by atoms with van der Waals surface area (Å²) in [5.74, 6) is 0.165. The Bertz CT molecular complexity index is 1290. The molecule has 0 saturated carbocycles. The van der Waals surface area contributed by atoms with Crippen molar-refractivity contribution < 1.29 is 9.31 Å². The van der Waals surface area contributed by atoms with E-state index in [2.05, 4.69) is 30.5 Å². The van der Waals surface area contributed by atoms with Gasteiger partial charge in [0.1, 0.15) is 5.82 Å². The Balaban J connectivity index is 1.79. The highest BCUT2D eigenvalue weighted by Crippen LogP contribution is 2.25. The molecule has 1 aromatic heterocycles. The Kier molecular flexibility index (Phi) is 6.28. The smallest absolute Gasteiger partial charge is 0.269 e. The Hall–Kier alpha value is -3.58. The predicted molar refractivity (Wildman–Crippen MR) is 126 cm³/mol. The highest BCUT2D eigenvalue weighted by molar-refractivity contribution is 7.07. The summed E-state index contributed by atoms with van der Waals surface area (Å²) in [4.78, 5) is 16.2. The molecule has 7 heteroatoms. The SMILES string of the molecule is CC(C)c1ccc(N=c2scc(-c3ccc([N+](=O)[O-])cc3)n2Cc2ccc(F)cc2)cc1. The van der Waals surface area contributed by atoms with E-state index in [1.165, 1.54) is 41.2 Å². The number of nitrogens with zero attached hydrogens (tertiary/aromatic N) is 3. The lowest BCUT2D eigenvalue weighted by Gasteiger charge is -2.10. The summed E-state index contributed by atoms with van der Waals surface area (Å²) in [6, 6.07) is 21.0. The van der Waals surface area contributed by atoms with Crippen molar-refractivity contribution in [2.45, 2.75) is 26.3 Å². The van der Waals surface area contributed by atoms with Gasteiger partial charge in [-0.2, -0.15) is 0 Å². The van der Waals surface area contributed by atoms with Gasteiger partial charge < -0.3 is 4.57 Å². The van der Waals surface area contributed by atoms with E-state index in [0.717, 1.165) is 27.3 Å². The van der Waals surface area contributed by atoms with E-state index in [1.54, 1.807) is 24.3 Å². The van der Waals surface area contributed by atoms with E-state index < -0.39 is 4.92 Å². The second-order valence-corrected chi connectivity index (χ2v) is 8.61. The first kappa shape index (κ1) is 21.6. The summed E-state index contributed by atoms with van der Waals surface area (Å²) < 4.78 is 15.4. The number of halogens is 1. The van der Waals surface area contributed by atoms with Gasteiger partial charge in [0.2, 0.25) is 0 Å². The average Bonchev–Trinajstić information content (AvgIpc) is 3.17. The van der Waals surface area contributed by atoms with Crippen LogP contribution in [0.4, 0.5) is 15.8 Å². The summed E-state index contributed by atoms with van der Waals surface area (Å²) in [5.41, 5.74) is 4.83. The zero-order valence-corrected chi connectivity index (χ0v) is 18.6. The number of thiazole rings is 1. The van der Waals surface area contributed by atoms with Crippen molar-refractivity contribution in [3.8, 4) is 11.3 Å². The molecule has 0 amide bonds. The summed E-state index contributed by atoms with van der Waals surface area (Å²) >= 11 is 1.50. The van der Waals surface area contributed by atoms with Gasteiger partial charge in [-0.1, -0.05) is 38.1 Å². The number of aromatic nitrogens is 1. The molecule has 0 radical (unpaired) electrons. The van der Waals surface area contributed by atoms with E-state index in [1.807, 2.05) is 17.5 Å². The van der Waals surface area contributed by atoms with Crippen molar-refractivity contribution in [1.29, 1.82) is 0 Å². The van der Waals surface area contributed by atoms with Gasteiger partial charge in [0.05, 0.1) is 22.8 Å². The summed E-state index contributed by atoms with van der Waals surface area (Å²) in [6.45, 7) is 4.80. The zero-order chi connectivity index (χ0) is 22.7. The van der Waals surface area contributed by atoms with Crippen LogP contribution >= 0.6 is 11.3 Å². The standard InChI is InChI=1S/C25H22FN3O2S/c1-17(2)19-5-11-22(12-6-19)27-25-28(15-18-3-9-21(26)10-4-18)24(16-32-25)20-7-13-23(14-8-20)29(30)31/h3-14,16-17H,15H2,1-2H3. The van der Waals surface area contributed by atoms with Gasteiger partial charge in [-0.3, -0.25) is 10.1 Å². The van der Waals surface area contributed by atoms with Crippen LogP contribution in [0.25, 0.3) is 11.3 Å². The van der Waals surface area contributed by atoms with Crippen LogP contribution in [0.15, 0.2) is 83.2 Å². The lowest BCUT2D eigenvalue weighted by molar-refractivity contribution is -0.384. The van der Waals surface area contributed by atoms with Gasteiger partial charge in [0.25, 0.3) is 5.69 Å². The summed E-state index contributed by atoms with van der Waals surface area (Å²) in [7, 11) is 0. The molecular weight excluding hydrogens is 425 g/mol. The van der Waals surface area contributed by atoms with Crippen LogP contribution in [0.5, 0.6) is 0 Å². The molecule has 0 spiro atoms. The zero-order valence-electron chi connectivity index (χ0n) is 17.7. The van der Waals surface area contributed by atoms with Crippen molar-refractivity contribution >= 4 is 22.7 Å². The lowest BCUT2D eigenvalue weighted by atomic mass is 10.0. The first-order valence-electron chi connectivity index (χ1n) is 10.2. The molecule has 0 fully saturated rings. The Morgan fingerprint density at radius 2 is 1.66 bits per heavy atom. The highest BCUT2D eigenvalue weighted by Gasteiger charge is 2.12. The molecular formula is C25H22FN3O2S. The minimum absolute atomic E-state index is 0.0456. The first-order chi connectivity index (χ1) is 15.4. The average molecular weight is 448 g/mol. The van der Waals surface area contributed by atoms with E-state index in [0.29, 0.717) is 12.5 Å². The van der Waals surface area contributed by atoms with E-state index in [-0.39, 0.29) is 11.5 Å². The molecule has 0 aliphatic carbocycles. The number of benzene rings is 3. The second-order valence-electron chi connectivity index (χ2n) is 7.78. The highest BCUT2D eigenvalue weighted by atomic mass is 32.1. The maximum absolute atomic E-state index is 13.4. The number of hydrogen-bond donors (Lipinski definition) is 0. The van der Waals surface area contributed by atoms with Crippen molar-refractivity contribution in [2.75, 3.05) is 0 Å². The van der Waals surface area contributed by atoms with E-state index >= 15 is 0 Å². The van der Waals surface area contributed by atoms with Gasteiger partial charge in [0, 0.05) is 17.5 Å². The minimum Gasteiger partial charge on any atom is -0.312 e. The van der Waals surface area contributed by atoms with Crippen LogP contribution in [0, 0.1) is 15.9 Å². The quantitative estimate of drug-likeness (QED) is 0.245. The van der Waals surface area contributed by atoms with Crippen LogP contribution in [-0.2, 0) is 6.54 Å². The Morgan fingerprint density at radius 1 is 1.00 bits per heavy atom. The Labute approximate surface area is 189 Å². The lowest BCUT2D eigenvalue weighted by Crippen LogP contribution is -2.16. The van der Waals surface area contributed by atoms with Crippen LogP contribution in [0.1, 0.15) is 30.9 Å². The second kappa shape index (κ2) is 9.28. The fourth-order valence-electron chi connectivity index (χ4n) is 3.37. The van der Waals surface area contributed by atoms with Crippen LogP contribution in [0.3, 0.4) is 0 Å². The van der Waals surface area contributed by atoms with Crippen molar-refractivity contribution in [2.24, 2.45) is 4.99 Å². The third-order valence-corrected chi connectivity index (χ3v) is 6.07. The largest absolute Gasteiger partial charge is 0.312 e. The van der Waals surface area contributed by atoms with Crippen molar-refractivity contribution in [1.82, 2.24) is 4.57 Å². The monoisotopic (exact) mass is 447 g/mol. The number of nitro groups is 1. The molecule has 162 valence electrons. The predicted octanol–water partition coefficient (Wildman–Crippen LogP) is 6.67. The van der Waals surface area contributed by atoms with Gasteiger partial charge in [-0.15, -0.1) is 11.3 Å². The molecule has 4 aromatic rings. The van der Waals surface area contributed by atoms with Gasteiger partial charge in [-0.05, 0) is 59.0 Å². The number of rotatable bonds is 6. The van der Waals surface area contributed by atoms with E-state index in [9.17, 15) is 14.5 Å². The molecule has 0 unspecified atom stereocenters. The fraction of sp³-hybridized carbons (Fsp3) is 0.160. The summed E-state index contributed by atoms with van der Waals surface area (Å²) in [5, 5.41) is 13.0. The van der Waals surface area contributed by atoms with E-state index in [4.69, 9.17) is 4.99 Å². The normalized spacial score (nSPS) is 11.8. The maximum atomic E-state index is 13.4. The van der Waals surface area contributed by atoms with Crippen molar-refractivity contribution in [3.63, 3.8) is 0 Å². The third-order valence-electron chi connectivity index (χ3n) is 5.21. The molecule has 0 aliphatic heterocycles. The molecule has 3 aromatic carbocycles. The molecule has 0 bridgehead atoms. The number of hydrogen-bond acceptors (Lipinski definition) is 4. The Morgan fingerprint density at radius 3 is 2.25 bits per heavy atom. The first-order valence-corrected chi connectivity index (χ1v) is 11.1. The maximum Gasteiger partial charge on any atom is 0.269 e. The summed E-state index contributed by atoms with van der Waals surface area (Å²) in [6.07, 6.45) is 0. The molecule has 0 atom stereocenters. The molecule has 0 aliphatic rings. The molecule has 5 nitrogen and oxygen atoms in total. The molecule has 32 heavy (non-hydrogen) atoms. The molecule has 0 N–H and O–H groups in total. The molecule has 1 heterocycles. The van der Waals surface area contributed by atoms with Gasteiger partial charge in [-0.25, -0.2) is 9.38 Å². The number of non-ortho nitro benzene ring substituents is 1. The molecule has 4 rings (SSSR count). The topological polar surface area (TPSA) is 60.4 Å². The van der Waals surface area contributed by atoms with Crippen molar-refractivity contribution in [3.05, 3.63) is 110 Å². The van der Waals surface area contributed by atoms with Crippen LogP contribution in [0.2, 0.25) is 0 Å². The van der Waals surface area contributed by atoms with Gasteiger partial charge >= 0.3 is 0 Å². The fourth-order valence-corrected chi connectivity index (χ4v) is 4.30.